The maximum Gasteiger partial charge on any atom is 0.123 e. The van der Waals surface area contributed by atoms with E-state index in [1.807, 2.05) is 0 Å². The van der Waals surface area contributed by atoms with Gasteiger partial charge in [0.15, 0.2) is 0 Å². The van der Waals surface area contributed by atoms with Crippen molar-refractivity contribution in [1.29, 1.82) is 0 Å². The topological polar surface area (TPSA) is 23.5 Å². The summed E-state index contributed by atoms with van der Waals surface area (Å²) in [6, 6.07) is 4.77. The molecule has 0 radical (unpaired) electrons. The highest BCUT2D eigenvalue weighted by atomic mass is 79.9. The van der Waals surface area contributed by atoms with E-state index in [1.165, 1.54) is 6.07 Å². The predicted octanol–water partition coefficient (Wildman–Crippen LogP) is 3.18. The van der Waals surface area contributed by atoms with Crippen molar-refractivity contribution in [3.8, 4) is 0 Å². The van der Waals surface area contributed by atoms with Crippen LogP contribution in [-0.2, 0) is 6.54 Å². The molecule has 0 bridgehead atoms. The molecule has 1 aromatic rings. The molecule has 1 aromatic carbocycles. The number of hydrogen-bond donors (Lipinski definition) is 1. The number of benzene rings is 1. The molecule has 0 spiro atoms. The fourth-order valence-electron chi connectivity index (χ4n) is 2.50. The van der Waals surface area contributed by atoms with Gasteiger partial charge in [0.1, 0.15) is 5.82 Å². The van der Waals surface area contributed by atoms with Crippen LogP contribution in [-0.4, -0.2) is 29.2 Å². The molecule has 1 heterocycles. The molecule has 1 N–H and O–H groups in total. The van der Waals surface area contributed by atoms with Crippen molar-refractivity contribution in [2.45, 2.75) is 32.9 Å². The predicted molar refractivity (Wildman–Crippen MR) is 73.8 cm³/mol. The molecule has 1 fully saturated rings. The number of rotatable bonds is 2. The standard InChI is InChI=1S/C14H19BrFNO/c1-14(2)9-17(6-5-13(14)18)8-10-7-11(16)3-4-12(10)15/h3-4,7,13,18H,5-6,8-9H2,1-2H3. The van der Waals surface area contributed by atoms with Gasteiger partial charge in [0.05, 0.1) is 6.10 Å². The van der Waals surface area contributed by atoms with Gasteiger partial charge < -0.3 is 5.11 Å². The maximum absolute atomic E-state index is 13.2. The molecular formula is C14H19BrFNO. The smallest absolute Gasteiger partial charge is 0.123 e. The molecule has 18 heavy (non-hydrogen) atoms. The average molecular weight is 316 g/mol. The van der Waals surface area contributed by atoms with Gasteiger partial charge in [-0.3, -0.25) is 4.90 Å². The Hall–Kier alpha value is -0.450. The van der Waals surface area contributed by atoms with E-state index in [4.69, 9.17) is 0 Å². The fourth-order valence-corrected chi connectivity index (χ4v) is 2.87. The SMILES string of the molecule is CC1(C)CN(Cc2cc(F)ccc2Br)CCC1O. The number of hydrogen-bond acceptors (Lipinski definition) is 2. The second kappa shape index (κ2) is 5.27. The minimum absolute atomic E-state index is 0.0992. The van der Waals surface area contributed by atoms with Gasteiger partial charge in [-0.15, -0.1) is 0 Å². The van der Waals surface area contributed by atoms with E-state index in [2.05, 4.69) is 34.7 Å². The van der Waals surface area contributed by atoms with E-state index >= 15 is 0 Å². The summed E-state index contributed by atoms with van der Waals surface area (Å²) in [6.45, 7) is 6.55. The minimum atomic E-state index is -0.246. The Balaban J connectivity index is 2.08. The van der Waals surface area contributed by atoms with E-state index in [1.54, 1.807) is 12.1 Å². The molecule has 0 amide bonds. The van der Waals surface area contributed by atoms with Crippen LogP contribution in [0.2, 0.25) is 0 Å². The Morgan fingerprint density at radius 1 is 1.50 bits per heavy atom. The van der Waals surface area contributed by atoms with Crippen molar-refractivity contribution in [1.82, 2.24) is 4.90 Å². The normalized spacial score (nSPS) is 24.2. The molecule has 0 aromatic heterocycles. The first-order chi connectivity index (χ1) is 8.38. The van der Waals surface area contributed by atoms with Crippen LogP contribution in [0.1, 0.15) is 25.8 Å². The van der Waals surface area contributed by atoms with Crippen LogP contribution < -0.4 is 0 Å². The van der Waals surface area contributed by atoms with Crippen molar-refractivity contribution in [2.24, 2.45) is 5.41 Å². The summed E-state index contributed by atoms with van der Waals surface area (Å²) in [7, 11) is 0. The molecule has 1 atom stereocenters. The first-order valence-corrected chi connectivity index (χ1v) is 7.02. The van der Waals surface area contributed by atoms with Crippen LogP contribution in [0.25, 0.3) is 0 Å². The summed E-state index contributed by atoms with van der Waals surface area (Å²) in [5.41, 5.74) is 0.861. The molecule has 100 valence electrons. The molecule has 0 aliphatic carbocycles. The van der Waals surface area contributed by atoms with Gasteiger partial charge in [-0.05, 0) is 30.2 Å². The monoisotopic (exact) mass is 315 g/mol. The van der Waals surface area contributed by atoms with Gasteiger partial charge in [-0.2, -0.15) is 0 Å². The summed E-state index contributed by atoms with van der Waals surface area (Å²) in [5, 5.41) is 9.92. The molecule has 1 saturated heterocycles. The lowest BCUT2D eigenvalue weighted by molar-refractivity contribution is -0.0270. The lowest BCUT2D eigenvalue weighted by atomic mass is 9.81. The van der Waals surface area contributed by atoms with Gasteiger partial charge in [-0.25, -0.2) is 4.39 Å². The van der Waals surface area contributed by atoms with Crippen molar-refractivity contribution >= 4 is 15.9 Å². The van der Waals surface area contributed by atoms with Crippen LogP contribution in [0.15, 0.2) is 22.7 Å². The highest BCUT2D eigenvalue weighted by Gasteiger charge is 2.34. The third-order valence-electron chi connectivity index (χ3n) is 3.65. The zero-order chi connectivity index (χ0) is 13.3. The second-order valence-corrected chi connectivity index (χ2v) is 6.59. The Kier molecular flexibility index (Phi) is 4.09. The number of likely N-dealkylation sites (tertiary alicyclic amines) is 1. The van der Waals surface area contributed by atoms with E-state index in [-0.39, 0.29) is 17.3 Å². The largest absolute Gasteiger partial charge is 0.392 e. The van der Waals surface area contributed by atoms with Crippen molar-refractivity contribution < 1.29 is 9.50 Å². The van der Waals surface area contributed by atoms with Crippen molar-refractivity contribution in [3.63, 3.8) is 0 Å². The second-order valence-electron chi connectivity index (χ2n) is 5.74. The van der Waals surface area contributed by atoms with Crippen molar-refractivity contribution in [2.75, 3.05) is 13.1 Å². The third kappa shape index (κ3) is 3.11. The van der Waals surface area contributed by atoms with E-state index < -0.39 is 0 Å². The Morgan fingerprint density at radius 3 is 2.89 bits per heavy atom. The van der Waals surface area contributed by atoms with Gasteiger partial charge in [-0.1, -0.05) is 29.8 Å². The summed E-state index contributed by atoms with van der Waals surface area (Å²) in [5.74, 6) is -0.204. The van der Waals surface area contributed by atoms with Crippen molar-refractivity contribution in [3.05, 3.63) is 34.1 Å². The number of halogens is 2. The molecule has 2 rings (SSSR count). The molecule has 0 saturated carbocycles. The lowest BCUT2D eigenvalue weighted by Gasteiger charge is -2.41. The molecule has 1 unspecified atom stereocenters. The molecule has 2 nitrogen and oxygen atoms in total. The first kappa shape index (κ1) is 14.0. The van der Waals surface area contributed by atoms with Gasteiger partial charge in [0.2, 0.25) is 0 Å². The summed E-state index contributed by atoms with van der Waals surface area (Å²) in [4.78, 5) is 2.27. The van der Waals surface area contributed by atoms with Crippen LogP contribution in [0.4, 0.5) is 4.39 Å². The summed E-state index contributed by atoms with van der Waals surface area (Å²) in [6.07, 6.45) is 0.532. The third-order valence-corrected chi connectivity index (χ3v) is 4.43. The number of piperidine rings is 1. The zero-order valence-electron chi connectivity index (χ0n) is 10.8. The lowest BCUT2D eigenvalue weighted by Crippen LogP contribution is -2.48. The van der Waals surface area contributed by atoms with E-state index in [0.29, 0.717) is 6.54 Å². The zero-order valence-corrected chi connectivity index (χ0v) is 12.4. The van der Waals surface area contributed by atoms with Gasteiger partial charge >= 0.3 is 0 Å². The fraction of sp³-hybridized carbons (Fsp3) is 0.571. The van der Waals surface area contributed by atoms with E-state index in [9.17, 15) is 9.50 Å². The molecule has 1 aliphatic heterocycles. The van der Waals surface area contributed by atoms with Gasteiger partial charge in [0.25, 0.3) is 0 Å². The molecule has 1 aliphatic rings. The molecule has 4 heteroatoms. The first-order valence-electron chi connectivity index (χ1n) is 6.23. The number of aliphatic hydroxyl groups is 1. The quantitative estimate of drug-likeness (QED) is 0.906. The van der Waals surface area contributed by atoms with Crippen LogP contribution >= 0.6 is 15.9 Å². The molecular weight excluding hydrogens is 297 g/mol. The highest BCUT2D eigenvalue weighted by Crippen LogP contribution is 2.30. The Bertz CT molecular complexity index is 436. The summed E-state index contributed by atoms with van der Waals surface area (Å²) >= 11 is 3.45. The van der Waals surface area contributed by atoms with Crippen LogP contribution in [0.5, 0.6) is 0 Å². The number of nitrogens with zero attached hydrogens (tertiary/aromatic N) is 1. The Labute approximate surface area is 116 Å². The van der Waals surface area contributed by atoms with Gasteiger partial charge in [0, 0.05) is 29.5 Å². The average Bonchev–Trinajstić information content (AvgIpc) is 2.28. The van der Waals surface area contributed by atoms with E-state index in [0.717, 1.165) is 29.5 Å². The summed E-state index contributed by atoms with van der Waals surface area (Å²) < 4.78 is 14.2. The van der Waals surface area contributed by atoms with Crippen LogP contribution in [0, 0.1) is 11.2 Å². The van der Waals surface area contributed by atoms with Crippen LogP contribution in [0.3, 0.4) is 0 Å². The highest BCUT2D eigenvalue weighted by molar-refractivity contribution is 9.10. The maximum atomic E-state index is 13.2. The number of aliphatic hydroxyl groups excluding tert-OH is 1. The minimum Gasteiger partial charge on any atom is -0.392 e. The Morgan fingerprint density at radius 2 is 2.22 bits per heavy atom.